The quantitative estimate of drug-likeness (QED) is 0.644. The molecule has 1 saturated carbocycles. The minimum atomic E-state index is -0.568. The molecule has 6 heteroatoms. The molecule has 0 radical (unpaired) electrons. The zero-order valence-electron chi connectivity index (χ0n) is 10.8. The van der Waals surface area contributed by atoms with Gasteiger partial charge in [0.1, 0.15) is 5.82 Å². The van der Waals surface area contributed by atoms with Crippen LogP contribution in [0.4, 0.5) is 10.1 Å². The molecule has 0 aromatic heterocycles. The predicted octanol–water partition coefficient (Wildman–Crippen LogP) is 3.11. The minimum absolute atomic E-state index is 0.194. The van der Waals surface area contributed by atoms with Crippen molar-refractivity contribution in [3.63, 3.8) is 0 Å². The fraction of sp³-hybridized carbons (Fsp3) is 0.538. The Balaban J connectivity index is 1.94. The zero-order chi connectivity index (χ0) is 13.9. The van der Waals surface area contributed by atoms with Gasteiger partial charge in [-0.3, -0.25) is 10.1 Å². The summed E-state index contributed by atoms with van der Waals surface area (Å²) in [6.45, 7) is 1.32. The first kappa shape index (κ1) is 14.3. The maximum Gasteiger partial charge on any atom is 0.272 e. The van der Waals surface area contributed by atoms with Crippen molar-refractivity contribution in [1.29, 1.82) is 0 Å². The first-order chi connectivity index (χ1) is 9.04. The van der Waals surface area contributed by atoms with Crippen molar-refractivity contribution in [3.8, 4) is 0 Å². The molecule has 1 aliphatic rings. The average molecular weight is 284 g/mol. The lowest BCUT2D eigenvalue weighted by Crippen LogP contribution is -2.43. The highest BCUT2D eigenvalue weighted by atomic mass is 32.2. The molecule has 1 aromatic rings. The number of nitrogens with zero attached hydrogens (tertiary/aromatic N) is 1. The summed E-state index contributed by atoms with van der Waals surface area (Å²) >= 11 is 1.86. The van der Waals surface area contributed by atoms with E-state index in [2.05, 4.69) is 11.6 Å². The van der Waals surface area contributed by atoms with Crippen LogP contribution in [0.15, 0.2) is 18.2 Å². The molecule has 0 bridgehead atoms. The second-order valence-electron chi connectivity index (χ2n) is 4.92. The number of hydrogen-bond donors (Lipinski definition) is 1. The molecule has 0 spiro atoms. The van der Waals surface area contributed by atoms with Gasteiger partial charge in [-0.15, -0.1) is 0 Å². The van der Waals surface area contributed by atoms with Crippen LogP contribution in [0.5, 0.6) is 0 Å². The highest BCUT2D eigenvalue weighted by Gasteiger charge is 2.35. The number of nitrogens with one attached hydrogen (secondary N) is 1. The largest absolute Gasteiger partial charge is 0.311 e. The first-order valence-corrected chi connectivity index (χ1v) is 7.47. The first-order valence-electron chi connectivity index (χ1n) is 6.24. The summed E-state index contributed by atoms with van der Waals surface area (Å²) in [5, 5.41) is 13.9. The lowest BCUT2D eigenvalue weighted by Gasteiger charge is -2.40. The molecule has 1 aliphatic carbocycles. The van der Waals surface area contributed by atoms with Crippen molar-refractivity contribution < 1.29 is 9.31 Å². The highest BCUT2D eigenvalue weighted by molar-refractivity contribution is 8.00. The topological polar surface area (TPSA) is 55.2 Å². The van der Waals surface area contributed by atoms with Crippen LogP contribution in [0, 0.1) is 15.9 Å². The van der Waals surface area contributed by atoms with Crippen molar-refractivity contribution in [2.24, 2.45) is 0 Å². The number of hydrogen-bond acceptors (Lipinski definition) is 4. The number of thioether (sulfide) groups is 1. The van der Waals surface area contributed by atoms with E-state index in [-0.39, 0.29) is 5.69 Å². The fourth-order valence-corrected chi connectivity index (χ4v) is 3.24. The van der Waals surface area contributed by atoms with E-state index in [9.17, 15) is 14.5 Å². The van der Waals surface area contributed by atoms with Crippen molar-refractivity contribution in [1.82, 2.24) is 5.32 Å². The highest BCUT2D eigenvalue weighted by Crippen LogP contribution is 2.42. The molecule has 0 heterocycles. The number of halogens is 1. The maximum atomic E-state index is 13.3. The van der Waals surface area contributed by atoms with Crippen LogP contribution in [-0.2, 0) is 6.54 Å². The smallest absolute Gasteiger partial charge is 0.272 e. The lowest BCUT2D eigenvalue weighted by molar-refractivity contribution is -0.385. The Kier molecular flexibility index (Phi) is 4.42. The van der Waals surface area contributed by atoms with Gasteiger partial charge in [0.05, 0.1) is 11.0 Å². The van der Waals surface area contributed by atoms with Gasteiger partial charge in [0, 0.05) is 23.9 Å². The Morgan fingerprint density at radius 1 is 1.47 bits per heavy atom. The van der Waals surface area contributed by atoms with E-state index in [1.54, 1.807) is 0 Å². The maximum absolute atomic E-state index is 13.3. The van der Waals surface area contributed by atoms with Gasteiger partial charge in [-0.05, 0) is 30.7 Å². The normalized spacial score (nSPS) is 16.9. The second kappa shape index (κ2) is 5.88. The van der Waals surface area contributed by atoms with Gasteiger partial charge in [0.2, 0.25) is 0 Å². The Labute approximate surface area is 115 Å². The van der Waals surface area contributed by atoms with Crippen molar-refractivity contribution >= 4 is 17.4 Å². The summed E-state index contributed by atoms with van der Waals surface area (Å²) in [5.41, 5.74) is 0.419. The van der Waals surface area contributed by atoms with Crippen LogP contribution < -0.4 is 5.32 Å². The van der Waals surface area contributed by atoms with Crippen LogP contribution in [0.25, 0.3) is 0 Å². The second-order valence-corrected chi connectivity index (χ2v) is 6.19. The Morgan fingerprint density at radius 2 is 2.21 bits per heavy atom. The molecule has 0 aliphatic heterocycles. The zero-order valence-corrected chi connectivity index (χ0v) is 11.6. The monoisotopic (exact) mass is 284 g/mol. The van der Waals surface area contributed by atoms with Crippen LogP contribution in [-0.4, -0.2) is 22.5 Å². The van der Waals surface area contributed by atoms with Gasteiger partial charge in [-0.1, -0.05) is 6.42 Å². The van der Waals surface area contributed by atoms with E-state index in [0.29, 0.717) is 16.9 Å². The van der Waals surface area contributed by atoms with Gasteiger partial charge in [-0.25, -0.2) is 4.39 Å². The molecule has 104 valence electrons. The van der Waals surface area contributed by atoms with Crippen molar-refractivity contribution in [3.05, 3.63) is 39.7 Å². The third-order valence-electron chi connectivity index (χ3n) is 3.63. The van der Waals surface area contributed by atoms with E-state index < -0.39 is 10.7 Å². The predicted molar refractivity (Wildman–Crippen MR) is 74.9 cm³/mol. The van der Waals surface area contributed by atoms with E-state index in [0.717, 1.165) is 12.6 Å². The summed E-state index contributed by atoms with van der Waals surface area (Å²) in [6, 6.07) is 3.70. The molecule has 2 rings (SSSR count). The Bertz CT molecular complexity index is 472. The molecular weight excluding hydrogens is 267 g/mol. The number of non-ortho nitro benzene ring substituents is 1. The van der Waals surface area contributed by atoms with Gasteiger partial charge in [0.25, 0.3) is 5.69 Å². The molecule has 19 heavy (non-hydrogen) atoms. The van der Waals surface area contributed by atoms with E-state index in [4.69, 9.17) is 0 Å². The number of benzene rings is 1. The van der Waals surface area contributed by atoms with Gasteiger partial charge >= 0.3 is 0 Å². The molecule has 0 unspecified atom stereocenters. The van der Waals surface area contributed by atoms with E-state index in [1.165, 1.54) is 31.4 Å². The summed E-state index contributed by atoms with van der Waals surface area (Å²) in [4.78, 5) is 10.1. The molecule has 1 aromatic carbocycles. The molecule has 0 atom stereocenters. The summed E-state index contributed by atoms with van der Waals surface area (Å²) < 4.78 is 13.6. The van der Waals surface area contributed by atoms with E-state index in [1.807, 2.05) is 11.8 Å². The standard InChI is InChI=1S/C13H17FN2O2S/c1-19-13(3-2-4-13)9-15-8-10-5-11(14)7-12(6-10)16(17)18/h5-7,15H,2-4,8-9H2,1H3. The third kappa shape index (κ3) is 3.45. The molecule has 0 saturated heterocycles. The van der Waals surface area contributed by atoms with Crippen LogP contribution >= 0.6 is 11.8 Å². The number of nitro groups is 1. The number of rotatable bonds is 6. The van der Waals surface area contributed by atoms with E-state index >= 15 is 0 Å². The SMILES string of the molecule is CSC1(CNCc2cc(F)cc([N+](=O)[O-])c2)CCC1. The average Bonchev–Trinajstić information content (AvgIpc) is 2.32. The Morgan fingerprint density at radius 3 is 2.74 bits per heavy atom. The summed E-state index contributed by atoms with van der Waals surface area (Å²) in [5.74, 6) is -0.561. The Hall–Kier alpha value is -1.14. The fourth-order valence-electron chi connectivity index (χ4n) is 2.30. The van der Waals surface area contributed by atoms with Crippen molar-refractivity contribution in [2.45, 2.75) is 30.6 Å². The van der Waals surface area contributed by atoms with Gasteiger partial charge < -0.3 is 5.32 Å². The molecule has 1 N–H and O–H groups in total. The molecular formula is C13H17FN2O2S. The molecule has 0 amide bonds. The van der Waals surface area contributed by atoms with Crippen LogP contribution in [0.2, 0.25) is 0 Å². The van der Waals surface area contributed by atoms with Gasteiger partial charge in [-0.2, -0.15) is 11.8 Å². The molecule has 4 nitrogen and oxygen atoms in total. The third-order valence-corrected chi connectivity index (χ3v) is 5.05. The minimum Gasteiger partial charge on any atom is -0.311 e. The van der Waals surface area contributed by atoms with Gasteiger partial charge in [0.15, 0.2) is 0 Å². The lowest BCUT2D eigenvalue weighted by atomic mass is 9.84. The van der Waals surface area contributed by atoms with Crippen molar-refractivity contribution in [2.75, 3.05) is 12.8 Å². The molecule has 1 fully saturated rings. The summed E-state index contributed by atoms with van der Waals surface area (Å²) in [7, 11) is 0. The van der Waals surface area contributed by atoms with Crippen LogP contribution in [0.3, 0.4) is 0 Å². The number of nitro benzene ring substituents is 1. The van der Waals surface area contributed by atoms with Crippen LogP contribution in [0.1, 0.15) is 24.8 Å². The summed E-state index contributed by atoms with van der Waals surface area (Å²) in [6.07, 6.45) is 5.76.